The van der Waals surface area contributed by atoms with E-state index in [0.717, 1.165) is 44.3 Å². The number of aromatic nitrogens is 2. The van der Waals surface area contributed by atoms with E-state index in [2.05, 4.69) is 10.6 Å². The molecule has 6 amide bonds. The first-order valence-corrected chi connectivity index (χ1v) is 20.7. The number of anilines is 4. The molecule has 4 aliphatic rings. The molecule has 4 heterocycles. The van der Waals surface area contributed by atoms with Crippen LogP contribution in [0.15, 0.2) is 97.1 Å². The van der Waals surface area contributed by atoms with Gasteiger partial charge in [0, 0.05) is 73.1 Å². The molecule has 6 aromatic rings. The largest absolute Gasteiger partial charge is 0.326 e. The summed E-state index contributed by atoms with van der Waals surface area (Å²) >= 11 is 0. The number of benzene rings is 4. The smallest absolute Gasteiger partial charge is 0.238 e. The Hall–Kier alpha value is -7.48. The molecule has 310 valence electrons. The highest BCUT2D eigenvalue weighted by molar-refractivity contribution is 6.23. The highest BCUT2D eigenvalue weighted by atomic mass is 16.2. The lowest BCUT2D eigenvalue weighted by Crippen LogP contribution is -2.31. The molecule has 2 saturated heterocycles. The van der Waals surface area contributed by atoms with Crippen molar-refractivity contribution < 1.29 is 38.4 Å². The van der Waals surface area contributed by atoms with E-state index in [9.17, 15) is 38.4 Å². The second-order valence-corrected chi connectivity index (χ2v) is 16.5. The number of para-hydroxylation sites is 2. The highest BCUT2D eigenvalue weighted by Crippen LogP contribution is 2.45. The van der Waals surface area contributed by atoms with Crippen LogP contribution in [0.3, 0.4) is 0 Å². The number of carbonyl (C=O) groups excluding carboxylic acids is 8. The number of rotatable bonds is 7. The summed E-state index contributed by atoms with van der Waals surface area (Å²) in [6, 6.07) is 27.9. The molecule has 62 heavy (non-hydrogen) atoms. The number of imide groups is 2. The van der Waals surface area contributed by atoms with Gasteiger partial charge in [0.25, 0.3) is 0 Å². The lowest BCUT2D eigenvalue weighted by molar-refractivity contribution is -0.124. The van der Waals surface area contributed by atoms with E-state index in [1.807, 2.05) is 48.5 Å². The van der Waals surface area contributed by atoms with E-state index in [1.165, 1.54) is 23.6 Å². The van der Waals surface area contributed by atoms with Gasteiger partial charge >= 0.3 is 0 Å². The van der Waals surface area contributed by atoms with Crippen LogP contribution in [0.2, 0.25) is 0 Å². The van der Waals surface area contributed by atoms with Gasteiger partial charge in [-0.15, -0.1) is 0 Å². The van der Waals surface area contributed by atoms with Crippen LogP contribution < -0.4 is 20.4 Å². The summed E-state index contributed by atoms with van der Waals surface area (Å²) in [6.07, 6.45) is 1.03. The average Bonchev–Trinajstić information content (AvgIpc) is 3.93. The first-order valence-electron chi connectivity index (χ1n) is 20.7. The summed E-state index contributed by atoms with van der Waals surface area (Å²) in [4.78, 5) is 108. The van der Waals surface area contributed by atoms with E-state index in [1.54, 1.807) is 57.7 Å². The molecule has 2 aliphatic heterocycles. The summed E-state index contributed by atoms with van der Waals surface area (Å²) in [5.41, 5.74) is 6.56. The fourth-order valence-electron chi connectivity index (χ4n) is 10.2. The second kappa shape index (κ2) is 14.6. The topological polar surface area (TPSA) is 177 Å². The van der Waals surface area contributed by atoms with Crippen molar-refractivity contribution in [1.82, 2.24) is 9.13 Å². The van der Waals surface area contributed by atoms with E-state index in [4.69, 9.17) is 0 Å². The molecule has 2 N–H and O–H groups in total. The van der Waals surface area contributed by atoms with Crippen LogP contribution in [0.5, 0.6) is 0 Å². The maximum Gasteiger partial charge on any atom is 0.238 e. The summed E-state index contributed by atoms with van der Waals surface area (Å²) in [6.45, 7) is 2.99. The van der Waals surface area contributed by atoms with Crippen LogP contribution in [0, 0.1) is 23.7 Å². The average molecular weight is 829 g/mol. The van der Waals surface area contributed by atoms with Crippen LogP contribution in [-0.2, 0) is 54.5 Å². The van der Waals surface area contributed by atoms with Gasteiger partial charge in [-0.25, -0.2) is 0 Å². The van der Waals surface area contributed by atoms with Crippen molar-refractivity contribution in [2.24, 2.45) is 23.7 Å². The lowest BCUT2D eigenvalue weighted by atomic mass is 9.79. The minimum absolute atomic E-state index is 0.126. The summed E-state index contributed by atoms with van der Waals surface area (Å²) < 4.78 is 3.31. The van der Waals surface area contributed by atoms with Gasteiger partial charge in [0.2, 0.25) is 47.3 Å². The van der Waals surface area contributed by atoms with Crippen molar-refractivity contribution in [3.63, 3.8) is 0 Å². The number of hydrogen-bond acceptors (Lipinski definition) is 8. The molecule has 0 bridgehead atoms. The molecule has 2 aliphatic carbocycles. The minimum Gasteiger partial charge on any atom is -0.326 e. The van der Waals surface area contributed by atoms with Crippen molar-refractivity contribution in [2.75, 3.05) is 20.4 Å². The number of hydrogen-bond donors (Lipinski definition) is 2. The summed E-state index contributed by atoms with van der Waals surface area (Å²) in [5, 5.41) is 7.33. The first-order chi connectivity index (χ1) is 29.9. The van der Waals surface area contributed by atoms with Crippen LogP contribution in [0.1, 0.15) is 58.8 Å². The molecular formula is C48H40N6O8. The molecule has 0 saturated carbocycles. The maximum absolute atomic E-state index is 13.7. The zero-order valence-corrected chi connectivity index (χ0v) is 33.8. The van der Waals surface area contributed by atoms with Crippen molar-refractivity contribution in [1.29, 1.82) is 0 Å². The van der Waals surface area contributed by atoms with Crippen LogP contribution in [-0.4, -0.2) is 56.4 Å². The van der Waals surface area contributed by atoms with Crippen molar-refractivity contribution in [3.05, 3.63) is 120 Å². The molecule has 14 heteroatoms. The number of carbonyl (C=O) groups is 8. The molecular weight excluding hydrogens is 789 g/mol. The van der Waals surface area contributed by atoms with Crippen molar-refractivity contribution in [3.8, 4) is 0 Å². The number of fused-ring (bicyclic) bond motifs is 8. The minimum atomic E-state index is -0.593. The molecule has 2 aromatic heterocycles. The standard InChI is InChI=1S/C48H40N6O8/c1-25(55)51-39-9-5-3-7-31(39)33-21-35-37(23-41(33)51)47(61)53(45(35)59)29-15-11-27(12-16-29)49-43(57)19-20-44(58)50-28-13-17-30(18-14-28)54-46(60)36-22-34-32-8-4-6-10-40(32)52(26(2)56)42(34)24-38(36)48(54)62/h3-18,35-38H,19-24H2,1-2H3,(H,49,57)(H,50,58). The predicted octanol–water partition coefficient (Wildman–Crippen LogP) is 6.08. The summed E-state index contributed by atoms with van der Waals surface area (Å²) in [7, 11) is 0. The van der Waals surface area contributed by atoms with Crippen LogP contribution in [0.25, 0.3) is 21.8 Å². The zero-order valence-electron chi connectivity index (χ0n) is 33.8. The Balaban J connectivity index is 0.734. The normalized spacial score (nSPS) is 20.3. The Bertz CT molecular complexity index is 2780. The van der Waals surface area contributed by atoms with Crippen molar-refractivity contribution in [2.45, 2.75) is 52.4 Å². The van der Waals surface area contributed by atoms with Gasteiger partial charge in [0.05, 0.1) is 46.1 Å². The quantitative estimate of drug-likeness (QED) is 0.182. The molecule has 2 fully saturated rings. The number of nitrogens with one attached hydrogen (secondary N) is 2. The third-order valence-corrected chi connectivity index (χ3v) is 13.0. The Morgan fingerprint density at radius 3 is 1.18 bits per heavy atom. The van der Waals surface area contributed by atoms with Gasteiger partial charge in [0.15, 0.2) is 0 Å². The predicted molar refractivity (Wildman–Crippen MR) is 230 cm³/mol. The lowest BCUT2D eigenvalue weighted by Gasteiger charge is -2.23. The second-order valence-electron chi connectivity index (χ2n) is 16.5. The monoisotopic (exact) mass is 828 g/mol. The van der Waals surface area contributed by atoms with Crippen molar-refractivity contribution >= 4 is 91.8 Å². The Kier molecular flexibility index (Phi) is 9.12. The fraction of sp³-hybridized carbons (Fsp3) is 0.250. The van der Waals surface area contributed by atoms with Gasteiger partial charge in [-0.1, -0.05) is 36.4 Å². The van der Waals surface area contributed by atoms with Gasteiger partial charge in [-0.05, 0) is 84.6 Å². The molecule has 4 aromatic carbocycles. The van der Waals surface area contributed by atoms with Crippen LogP contribution in [0.4, 0.5) is 22.7 Å². The number of amides is 6. The molecule has 14 nitrogen and oxygen atoms in total. The Morgan fingerprint density at radius 1 is 0.484 bits per heavy atom. The third-order valence-electron chi connectivity index (χ3n) is 13.0. The molecule has 4 atom stereocenters. The Labute approximate surface area is 354 Å². The van der Waals surface area contributed by atoms with E-state index in [0.29, 0.717) is 35.6 Å². The maximum atomic E-state index is 13.7. The molecule has 4 unspecified atom stereocenters. The van der Waals surface area contributed by atoms with Crippen LogP contribution >= 0.6 is 0 Å². The van der Waals surface area contributed by atoms with Gasteiger partial charge < -0.3 is 10.6 Å². The zero-order chi connectivity index (χ0) is 43.1. The molecule has 0 radical (unpaired) electrons. The molecule has 0 spiro atoms. The number of nitrogens with zero attached hydrogens (tertiary/aromatic N) is 4. The van der Waals surface area contributed by atoms with Gasteiger partial charge in [-0.2, -0.15) is 0 Å². The highest BCUT2D eigenvalue weighted by Gasteiger charge is 2.52. The SMILES string of the molecule is CC(=O)n1c2c(c3ccccc31)CC1C(=O)N(c3ccc(NC(=O)CCC(=O)Nc4ccc(N5C(=O)C6Cc7c(n(C(C)=O)c8ccccc78)CC6C5=O)cc4)cc3)C(=O)C1C2. The van der Waals surface area contributed by atoms with Gasteiger partial charge in [-0.3, -0.25) is 57.3 Å². The fourth-order valence-corrected chi connectivity index (χ4v) is 10.2. The van der Waals surface area contributed by atoms with E-state index < -0.39 is 35.5 Å². The van der Waals surface area contributed by atoms with E-state index in [-0.39, 0.29) is 61.1 Å². The van der Waals surface area contributed by atoms with E-state index >= 15 is 0 Å². The molecule has 10 rings (SSSR count). The third kappa shape index (κ3) is 6.07. The van der Waals surface area contributed by atoms with Gasteiger partial charge in [0.1, 0.15) is 0 Å². The summed E-state index contributed by atoms with van der Waals surface area (Å²) in [5.74, 6) is -4.65. The first kappa shape index (κ1) is 38.7. The Morgan fingerprint density at radius 2 is 0.823 bits per heavy atom.